The average Bonchev–Trinajstić information content (AvgIpc) is 2.53. The fraction of sp³-hybridized carbons (Fsp3) is 0.0714. The van der Waals surface area contributed by atoms with Gasteiger partial charge in [-0.3, -0.25) is 10.2 Å². The fourth-order valence-electron chi connectivity index (χ4n) is 1.54. The summed E-state index contributed by atoms with van der Waals surface area (Å²) in [5.74, 6) is -0.998. The van der Waals surface area contributed by atoms with E-state index in [2.05, 4.69) is 0 Å². The lowest BCUT2D eigenvalue weighted by molar-refractivity contribution is -0.123. The van der Waals surface area contributed by atoms with E-state index in [1.165, 1.54) is 0 Å². The van der Waals surface area contributed by atoms with Crippen molar-refractivity contribution in [2.24, 2.45) is 0 Å². The molecule has 6 nitrogen and oxygen atoms in total. The number of rotatable bonds is 6. The van der Waals surface area contributed by atoms with Crippen molar-refractivity contribution < 1.29 is 22.3 Å². The molecule has 0 unspecified atom stereocenters. The second-order valence-electron chi connectivity index (χ2n) is 4.33. The summed E-state index contributed by atoms with van der Waals surface area (Å²) >= 11 is 5.85. The molecule has 122 valence electrons. The van der Waals surface area contributed by atoms with Crippen molar-refractivity contribution >= 4 is 27.5 Å². The van der Waals surface area contributed by atoms with Crippen LogP contribution in [0, 0.1) is 5.82 Å². The number of carbonyl (C=O) groups excluding carboxylic acids is 1. The average molecular weight is 359 g/mol. The topological polar surface area (TPSA) is 84.5 Å². The van der Waals surface area contributed by atoms with Gasteiger partial charge in [-0.05, 0) is 36.4 Å². The maximum absolute atomic E-state index is 12.8. The zero-order valence-corrected chi connectivity index (χ0v) is 13.2. The third kappa shape index (κ3) is 4.92. The van der Waals surface area contributed by atoms with E-state index in [0.29, 0.717) is 10.8 Å². The Morgan fingerprint density at radius 1 is 1.13 bits per heavy atom. The van der Waals surface area contributed by atoms with Crippen molar-refractivity contribution in [1.82, 2.24) is 10.3 Å². The summed E-state index contributed by atoms with van der Waals surface area (Å²) in [7, 11) is -3.99. The highest BCUT2D eigenvalue weighted by atomic mass is 35.5. The molecule has 2 rings (SSSR count). The molecule has 2 N–H and O–H groups in total. The molecular weight excluding hydrogens is 347 g/mol. The van der Waals surface area contributed by atoms with Crippen LogP contribution in [-0.4, -0.2) is 20.9 Å². The van der Waals surface area contributed by atoms with Crippen molar-refractivity contribution in [2.45, 2.75) is 4.90 Å². The summed E-state index contributed by atoms with van der Waals surface area (Å²) in [5, 5.41) is 0.326. The SMILES string of the molecule is O=C(COc1ccccc1Cl)NNS(=O)(=O)c1ccc(F)cc1. The van der Waals surface area contributed by atoms with Crippen LogP contribution in [0.15, 0.2) is 53.4 Å². The molecule has 1 amide bonds. The van der Waals surface area contributed by atoms with Crippen LogP contribution in [0.4, 0.5) is 4.39 Å². The van der Waals surface area contributed by atoms with Gasteiger partial charge in [0.25, 0.3) is 15.9 Å². The Bertz CT molecular complexity index is 797. The third-order valence-corrected chi connectivity index (χ3v) is 4.22. The van der Waals surface area contributed by atoms with E-state index >= 15 is 0 Å². The maximum atomic E-state index is 12.8. The number of sulfonamides is 1. The normalized spacial score (nSPS) is 11.0. The summed E-state index contributed by atoms with van der Waals surface area (Å²) in [4.78, 5) is 13.3. The quantitative estimate of drug-likeness (QED) is 0.772. The molecule has 0 saturated heterocycles. The largest absolute Gasteiger partial charge is 0.482 e. The van der Waals surface area contributed by atoms with Gasteiger partial charge in [0, 0.05) is 0 Å². The van der Waals surface area contributed by atoms with Crippen molar-refractivity contribution in [3.05, 3.63) is 59.4 Å². The minimum absolute atomic E-state index is 0.189. The predicted molar refractivity (Wildman–Crippen MR) is 81.8 cm³/mol. The van der Waals surface area contributed by atoms with Gasteiger partial charge in [0.15, 0.2) is 6.61 Å². The molecule has 0 bridgehead atoms. The van der Waals surface area contributed by atoms with Crippen LogP contribution < -0.4 is 15.0 Å². The molecule has 9 heteroatoms. The highest BCUT2D eigenvalue weighted by Gasteiger charge is 2.15. The van der Waals surface area contributed by atoms with E-state index in [9.17, 15) is 17.6 Å². The van der Waals surface area contributed by atoms with Gasteiger partial charge in [0.05, 0.1) is 9.92 Å². The smallest absolute Gasteiger partial charge is 0.272 e. The number of nitrogens with one attached hydrogen (secondary N) is 2. The predicted octanol–water partition coefficient (Wildman–Crippen LogP) is 1.87. The first-order valence-corrected chi connectivity index (χ1v) is 8.18. The van der Waals surface area contributed by atoms with E-state index in [-0.39, 0.29) is 4.90 Å². The van der Waals surface area contributed by atoms with Gasteiger partial charge in [0.1, 0.15) is 11.6 Å². The van der Waals surface area contributed by atoms with Gasteiger partial charge in [0.2, 0.25) is 0 Å². The number of hydrogen-bond donors (Lipinski definition) is 2. The Morgan fingerprint density at radius 3 is 2.43 bits per heavy atom. The Morgan fingerprint density at radius 2 is 1.78 bits per heavy atom. The first-order chi connectivity index (χ1) is 10.9. The molecule has 0 aliphatic rings. The molecule has 0 atom stereocenters. The lowest BCUT2D eigenvalue weighted by Gasteiger charge is -2.10. The van der Waals surface area contributed by atoms with Gasteiger partial charge >= 0.3 is 0 Å². The van der Waals surface area contributed by atoms with Crippen LogP contribution in [-0.2, 0) is 14.8 Å². The van der Waals surface area contributed by atoms with Crippen LogP contribution >= 0.6 is 11.6 Å². The molecule has 0 radical (unpaired) electrons. The van der Waals surface area contributed by atoms with Gasteiger partial charge < -0.3 is 4.74 Å². The number of amides is 1. The van der Waals surface area contributed by atoms with Gasteiger partial charge in [-0.2, -0.15) is 0 Å². The van der Waals surface area contributed by atoms with Crippen molar-refractivity contribution in [1.29, 1.82) is 0 Å². The van der Waals surface area contributed by atoms with Crippen LogP contribution in [0.25, 0.3) is 0 Å². The Labute approximate surface area is 137 Å². The van der Waals surface area contributed by atoms with E-state index in [4.69, 9.17) is 16.3 Å². The minimum Gasteiger partial charge on any atom is -0.482 e. The molecule has 0 heterocycles. The van der Waals surface area contributed by atoms with Crippen molar-refractivity contribution in [2.75, 3.05) is 6.61 Å². The second kappa shape index (κ2) is 7.40. The number of ether oxygens (including phenoxy) is 1. The number of hydrogen-bond acceptors (Lipinski definition) is 4. The van der Waals surface area contributed by atoms with E-state index in [1.807, 2.05) is 10.3 Å². The van der Waals surface area contributed by atoms with Gasteiger partial charge in [-0.25, -0.2) is 12.8 Å². The minimum atomic E-state index is -3.99. The van der Waals surface area contributed by atoms with Crippen LogP contribution in [0.1, 0.15) is 0 Å². The molecule has 0 saturated carbocycles. The number of hydrazine groups is 1. The molecular formula is C14H12ClFN2O4S. The van der Waals surface area contributed by atoms with Crippen LogP contribution in [0.3, 0.4) is 0 Å². The molecule has 23 heavy (non-hydrogen) atoms. The monoisotopic (exact) mass is 358 g/mol. The zero-order chi connectivity index (χ0) is 16.9. The van der Waals surface area contributed by atoms with E-state index < -0.39 is 28.4 Å². The molecule has 0 aliphatic heterocycles. The Balaban J connectivity index is 1.89. The first kappa shape index (κ1) is 17.2. The summed E-state index contributed by atoms with van der Waals surface area (Å²) in [6.45, 7) is -0.435. The Kier molecular flexibility index (Phi) is 5.54. The lowest BCUT2D eigenvalue weighted by Crippen LogP contribution is -2.43. The fourth-order valence-corrected chi connectivity index (χ4v) is 2.59. The summed E-state index contributed by atoms with van der Waals surface area (Å²) in [6.07, 6.45) is 0. The van der Waals surface area contributed by atoms with Crippen LogP contribution in [0.2, 0.25) is 5.02 Å². The number of halogens is 2. The van der Waals surface area contributed by atoms with Crippen molar-refractivity contribution in [3.8, 4) is 5.75 Å². The second-order valence-corrected chi connectivity index (χ2v) is 6.42. The van der Waals surface area contributed by atoms with E-state index in [0.717, 1.165) is 24.3 Å². The summed E-state index contributed by atoms with van der Waals surface area (Å²) in [6, 6.07) is 10.7. The number of carbonyl (C=O) groups is 1. The lowest BCUT2D eigenvalue weighted by atomic mass is 10.3. The maximum Gasteiger partial charge on any atom is 0.272 e. The highest BCUT2D eigenvalue weighted by Crippen LogP contribution is 2.22. The molecule has 0 aliphatic carbocycles. The highest BCUT2D eigenvalue weighted by molar-refractivity contribution is 7.89. The summed E-state index contributed by atoms with van der Waals surface area (Å²) in [5.41, 5.74) is 1.99. The molecule has 0 fully saturated rings. The van der Waals surface area contributed by atoms with E-state index in [1.54, 1.807) is 24.3 Å². The third-order valence-electron chi connectivity index (χ3n) is 2.64. The molecule has 0 spiro atoms. The molecule has 2 aromatic carbocycles. The van der Waals surface area contributed by atoms with Gasteiger partial charge in [-0.1, -0.05) is 23.7 Å². The summed E-state index contributed by atoms with van der Waals surface area (Å²) < 4.78 is 41.7. The Hall–Kier alpha value is -2.16. The zero-order valence-electron chi connectivity index (χ0n) is 11.6. The standard InChI is InChI=1S/C14H12ClFN2O4S/c15-12-3-1-2-4-13(12)22-9-14(19)17-18-23(20,21)11-7-5-10(16)6-8-11/h1-8,18H,9H2,(H,17,19). The number of benzene rings is 2. The van der Waals surface area contributed by atoms with Crippen LogP contribution in [0.5, 0.6) is 5.75 Å². The molecule has 2 aromatic rings. The molecule has 0 aromatic heterocycles. The number of para-hydroxylation sites is 1. The van der Waals surface area contributed by atoms with Gasteiger partial charge in [-0.15, -0.1) is 4.83 Å². The van der Waals surface area contributed by atoms with Crippen molar-refractivity contribution in [3.63, 3.8) is 0 Å². The first-order valence-electron chi connectivity index (χ1n) is 6.32.